The highest BCUT2D eigenvalue weighted by molar-refractivity contribution is 8.01. The van der Waals surface area contributed by atoms with Crippen LogP contribution in [-0.4, -0.2) is 47.9 Å². The fourth-order valence-electron chi connectivity index (χ4n) is 1.75. The second kappa shape index (κ2) is 8.81. The van der Waals surface area contributed by atoms with Crippen molar-refractivity contribution in [3.05, 3.63) is 43.5 Å². The highest BCUT2D eigenvalue weighted by Gasteiger charge is 2.24. The Bertz CT molecular complexity index is 778. The Labute approximate surface area is 162 Å². The first-order valence-corrected chi connectivity index (χ1v) is 9.36. The molecule has 25 heavy (non-hydrogen) atoms. The van der Waals surface area contributed by atoms with Crippen LogP contribution in [0.2, 0.25) is 10.0 Å². The quantitative estimate of drug-likeness (QED) is 0.541. The molecule has 7 nitrogen and oxygen atoms in total. The van der Waals surface area contributed by atoms with Crippen LogP contribution in [-0.2, 0) is 0 Å². The third-order valence-electron chi connectivity index (χ3n) is 2.95. The zero-order valence-electron chi connectivity index (χ0n) is 13.3. The number of thiophene rings is 1. The lowest BCUT2D eigenvalue weighted by Gasteiger charge is -2.09. The molecule has 0 bridgehead atoms. The Balaban J connectivity index is 2.25. The van der Waals surface area contributed by atoms with Crippen LogP contribution >= 0.6 is 46.3 Å². The Morgan fingerprint density at radius 1 is 1.40 bits per heavy atom. The predicted octanol–water partition coefficient (Wildman–Crippen LogP) is 3.80. The van der Waals surface area contributed by atoms with E-state index in [0.717, 1.165) is 23.1 Å². The number of amides is 1. The van der Waals surface area contributed by atoms with Crippen molar-refractivity contribution >= 4 is 57.9 Å². The van der Waals surface area contributed by atoms with Gasteiger partial charge in [-0.2, -0.15) is 0 Å². The molecule has 0 spiro atoms. The van der Waals surface area contributed by atoms with Gasteiger partial charge in [0.1, 0.15) is 9.09 Å². The molecule has 2 heterocycles. The summed E-state index contributed by atoms with van der Waals surface area (Å²) in [6.45, 7) is 1.12. The number of likely N-dealkylation sites (N-methyl/N-ethyl adjacent to an activating group) is 1. The summed E-state index contributed by atoms with van der Waals surface area (Å²) in [5, 5.41) is 14.6. The first-order valence-electron chi connectivity index (χ1n) is 6.97. The molecule has 0 fully saturated rings. The third kappa shape index (κ3) is 5.29. The number of nitrogens with zero attached hydrogens (tertiary/aromatic N) is 3. The number of pyridine rings is 1. The van der Waals surface area contributed by atoms with E-state index >= 15 is 0 Å². The number of halogens is 2. The molecule has 0 aliphatic carbocycles. The number of hydrogen-bond donors (Lipinski definition) is 1. The van der Waals surface area contributed by atoms with Crippen LogP contribution in [0.25, 0.3) is 0 Å². The Hall–Kier alpha value is -1.39. The minimum atomic E-state index is -0.529. The number of carbonyl (C=O) groups excluding carboxylic acids is 1. The maximum atomic E-state index is 12.2. The third-order valence-corrected chi connectivity index (χ3v) is 6.20. The molecule has 0 radical (unpaired) electrons. The lowest BCUT2D eigenvalue weighted by atomic mass is 10.4. The van der Waals surface area contributed by atoms with Gasteiger partial charge in [-0.05, 0) is 14.1 Å². The maximum absolute atomic E-state index is 12.2. The average molecular weight is 421 g/mol. The molecule has 0 aromatic carbocycles. The van der Waals surface area contributed by atoms with Gasteiger partial charge >= 0.3 is 0 Å². The fraction of sp³-hybridized carbons (Fsp3) is 0.286. The zero-order chi connectivity index (χ0) is 18.6. The van der Waals surface area contributed by atoms with Crippen molar-refractivity contribution in [2.24, 2.45) is 0 Å². The zero-order valence-corrected chi connectivity index (χ0v) is 16.4. The van der Waals surface area contributed by atoms with E-state index in [0.29, 0.717) is 22.2 Å². The molecule has 2 aromatic rings. The monoisotopic (exact) mass is 420 g/mol. The second-order valence-corrected chi connectivity index (χ2v) is 8.28. The Morgan fingerprint density at radius 2 is 2.04 bits per heavy atom. The lowest BCUT2D eigenvalue weighted by molar-refractivity contribution is -0.387. The number of rotatable bonds is 7. The molecular weight excluding hydrogens is 407 g/mol. The average Bonchev–Trinajstić information content (AvgIpc) is 2.95. The van der Waals surface area contributed by atoms with E-state index in [1.807, 2.05) is 19.0 Å². The summed E-state index contributed by atoms with van der Waals surface area (Å²) in [4.78, 5) is 29.5. The van der Waals surface area contributed by atoms with Crippen LogP contribution < -0.4 is 5.32 Å². The molecule has 0 aliphatic heterocycles. The van der Waals surface area contributed by atoms with Crippen molar-refractivity contribution in [3.63, 3.8) is 0 Å². The van der Waals surface area contributed by atoms with E-state index in [1.165, 1.54) is 18.5 Å². The van der Waals surface area contributed by atoms with E-state index in [1.54, 1.807) is 0 Å². The molecule has 0 atom stereocenters. The van der Waals surface area contributed by atoms with Gasteiger partial charge in [0.05, 0.1) is 19.9 Å². The number of nitrogens with one attached hydrogen (secondary N) is 1. The summed E-state index contributed by atoms with van der Waals surface area (Å²) in [5.74, 6) is -0.353. The number of carbonyl (C=O) groups is 1. The van der Waals surface area contributed by atoms with Gasteiger partial charge in [0, 0.05) is 31.5 Å². The van der Waals surface area contributed by atoms with E-state index in [9.17, 15) is 14.9 Å². The normalized spacial score (nSPS) is 10.9. The van der Waals surface area contributed by atoms with Crippen LogP contribution in [0.1, 0.15) is 9.67 Å². The first kappa shape index (κ1) is 19.9. The van der Waals surface area contributed by atoms with Gasteiger partial charge in [-0.25, -0.2) is 0 Å². The van der Waals surface area contributed by atoms with Gasteiger partial charge in [-0.1, -0.05) is 35.0 Å². The van der Waals surface area contributed by atoms with Gasteiger partial charge in [0.2, 0.25) is 0 Å². The van der Waals surface area contributed by atoms with Crippen molar-refractivity contribution in [3.8, 4) is 0 Å². The van der Waals surface area contributed by atoms with E-state index in [2.05, 4.69) is 10.3 Å². The standard InChI is InChI=1S/C14H14Cl2N4O3S2/c1-19(2)4-3-18-13(21)11-5-10(20(22)23)14(24-11)25-12-8(15)6-17-7-9(12)16/h5-7H,3-4H2,1-2H3,(H,18,21). The van der Waals surface area contributed by atoms with E-state index < -0.39 is 4.92 Å². The Kier molecular flexibility index (Phi) is 7.03. The SMILES string of the molecule is CN(C)CCNC(=O)c1cc([N+](=O)[O-])c(Sc2c(Cl)cncc2Cl)s1. The van der Waals surface area contributed by atoms with Crippen molar-refractivity contribution in [2.45, 2.75) is 9.10 Å². The molecule has 11 heteroatoms. The topological polar surface area (TPSA) is 88.4 Å². The minimum Gasteiger partial charge on any atom is -0.350 e. The van der Waals surface area contributed by atoms with Gasteiger partial charge in [-0.15, -0.1) is 11.3 Å². The minimum absolute atomic E-state index is 0.156. The van der Waals surface area contributed by atoms with E-state index in [-0.39, 0.29) is 26.5 Å². The molecule has 0 unspecified atom stereocenters. The lowest BCUT2D eigenvalue weighted by Crippen LogP contribution is -2.30. The summed E-state index contributed by atoms with van der Waals surface area (Å²) in [7, 11) is 3.78. The molecule has 0 saturated heterocycles. The van der Waals surface area contributed by atoms with Crippen LogP contribution in [0.3, 0.4) is 0 Å². The highest BCUT2D eigenvalue weighted by Crippen LogP contribution is 2.45. The van der Waals surface area contributed by atoms with Crippen LogP contribution in [0.15, 0.2) is 27.6 Å². The largest absolute Gasteiger partial charge is 0.350 e. The molecule has 2 rings (SSSR count). The smallest absolute Gasteiger partial charge is 0.294 e. The van der Waals surface area contributed by atoms with Gasteiger partial charge in [-0.3, -0.25) is 19.9 Å². The van der Waals surface area contributed by atoms with E-state index in [4.69, 9.17) is 23.2 Å². The van der Waals surface area contributed by atoms with Gasteiger partial charge in [0.25, 0.3) is 11.6 Å². The second-order valence-electron chi connectivity index (χ2n) is 5.13. The summed E-state index contributed by atoms with van der Waals surface area (Å²) < 4.78 is 0.331. The van der Waals surface area contributed by atoms with Crippen LogP contribution in [0.5, 0.6) is 0 Å². The van der Waals surface area contributed by atoms with Gasteiger partial charge < -0.3 is 10.2 Å². The van der Waals surface area contributed by atoms with Crippen LogP contribution in [0.4, 0.5) is 5.69 Å². The number of aromatic nitrogens is 1. The number of hydrogen-bond acceptors (Lipinski definition) is 7. The Morgan fingerprint density at radius 3 is 2.60 bits per heavy atom. The predicted molar refractivity (Wildman–Crippen MR) is 100 cm³/mol. The molecule has 2 aromatic heterocycles. The maximum Gasteiger partial charge on any atom is 0.294 e. The van der Waals surface area contributed by atoms with Crippen LogP contribution in [0, 0.1) is 10.1 Å². The van der Waals surface area contributed by atoms with Crippen molar-refractivity contribution in [2.75, 3.05) is 27.2 Å². The molecular formula is C14H14Cl2N4O3S2. The highest BCUT2D eigenvalue weighted by atomic mass is 35.5. The molecule has 0 aliphatic rings. The summed E-state index contributed by atoms with van der Waals surface area (Å²) in [6, 6.07) is 1.26. The molecule has 134 valence electrons. The number of nitro groups is 1. The first-order chi connectivity index (χ1) is 11.8. The van der Waals surface area contributed by atoms with Gasteiger partial charge in [0.15, 0.2) is 0 Å². The summed E-state index contributed by atoms with van der Waals surface area (Å²) in [5.41, 5.74) is -0.156. The molecule has 0 saturated carbocycles. The van der Waals surface area contributed by atoms with Crippen molar-refractivity contribution in [1.82, 2.24) is 15.2 Å². The molecule has 1 N–H and O–H groups in total. The summed E-state index contributed by atoms with van der Waals surface area (Å²) >= 11 is 14.2. The fourth-order valence-corrected chi connectivity index (χ4v) is 4.53. The van der Waals surface area contributed by atoms with Crippen molar-refractivity contribution < 1.29 is 9.72 Å². The molecule has 1 amide bonds. The summed E-state index contributed by atoms with van der Waals surface area (Å²) in [6.07, 6.45) is 2.81. The van der Waals surface area contributed by atoms with Crippen molar-refractivity contribution in [1.29, 1.82) is 0 Å².